The Morgan fingerprint density at radius 1 is 1.07 bits per heavy atom. The lowest BCUT2D eigenvalue weighted by atomic mass is 10.0. The monoisotopic (exact) mass is 383 g/mol. The van der Waals surface area contributed by atoms with Gasteiger partial charge >= 0.3 is 5.97 Å². The van der Waals surface area contributed by atoms with Gasteiger partial charge in [0.1, 0.15) is 16.4 Å². The average molecular weight is 383 g/mol. The van der Waals surface area contributed by atoms with Gasteiger partial charge in [0.05, 0.1) is 6.61 Å². The van der Waals surface area contributed by atoms with Crippen LogP contribution in [0.5, 0.6) is 0 Å². The van der Waals surface area contributed by atoms with E-state index in [4.69, 9.17) is 4.74 Å². The molecule has 3 aromatic rings. The zero-order chi connectivity index (χ0) is 19.4. The molecule has 0 bridgehead atoms. The van der Waals surface area contributed by atoms with Gasteiger partial charge in [-0.25, -0.2) is 9.18 Å². The quantitative estimate of drug-likeness (QED) is 0.609. The molecule has 0 aliphatic heterocycles. The number of benzene rings is 2. The molecule has 1 N–H and O–H groups in total. The van der Waals surface area contributed by atoms with E-state index in [1.54, 1.807) is 6.92 Å². The van der Waals surface area contributed by atoms with Crippen molar-refractivity contribution in [3.8, 4) is 11.1 Å². The molecule has 2 aromatic carbocycles. The molecule has 6 heteroatoms. The number of esters is 1. The van der Waals surface area contributed by atoms with Crippen LogP contribution in [0.3, 0.4) is 0 Å². The van der Waals surface area contributed by atoms with Crippen LogP contribution in [0, 0.1) is 12.7 Å². The third kappa shape index (κ3) is 4.06. The van der Waals surface area contributed by atoms with Crippen molar-refractivity contribution in [1.29, 1.82) is 0 Å². The lowest BCUT2D eigenvalue weighted by molar-refractivity contribution is 0.0529. The van der Waals surface area contributed by atoms with Crippen molar-refractivity contribution in [3.05, 3.63) is 76.4 Å². The van der Waals surface area contributed by atoms with Crippen LogP contribution in [-0.2, 0) is 4.74 Å². The molecule has 27 heavy (non-hydrogen) atoms. The van der Waals surface area contributed by atoms with Gasteiger partial charge in [-0.2, -0.15) is 0 Å². The van der Waals surface area contributed by atoms with Crippen LogP contribution in [0.4, 0.5) is 9.39 Å². The number of halogens is 1. The first-order valence-electron chi connectivity index (χ1n) is 8.44. The van der Waals surface area contributed by atoms with E-state index < -0.39 is 17.7 Å². The SMILES string of the molecule is CCOC(=O)c1c(NC(=O)c2ccc(F)cc2)sc(C)c1-c1ccccc1. The van der Waals surface area contributed by atoms with Gasteiger partial charge < -0.3 is 10.1 Å². The van der Waals surface area contributed by atoms with E-state index >= 15 is 0 Å². The van der Waals surface area contributed by atoms with E-state index in [1.807, 2.05) is 37.3 Å². The van der Waals surface area contributed by atoms with Crippen LogP contribution in [0.1, 0.15) is 32.5 Å². The number of rotatable bonds is 5. The summed E-state index contributed by atoms with van der Waals surface area (Å²) in [5.41, 5.74) is 2.25. The number of anilines is 1. The molecule has 0 unspecified atom stereocenters. The number of amides is 1. The third-order valence-corrected chi connectivity index (χ3v) is 4.98. The van der Waals surface area contributed by atoms with E-state index in [-0.39, 0.29) is 6.61 Å². The second kappa shape index (κ2) is 8.14. The second-order valence-electron chi connectivity index (χ2n) is 5.78. The molecule has 0 atom stereocenters. The normalized spacial score (nSPS) is 10.5. The Labute approximate surface area is 160 Å². The number of thiophene rings is 1. The molecule has 1 amide bonds. The van der Waals surface area contributed by atoms with Crippen molar-refractivity contribution in [2.45, 2.75) is 13.8 Å². The highest BCUT2D eigenvalue weighted by Gasteiger charge is 2.25. The van der Waals surface area contributed by atoms with Crippen LogP contribution in [0.2, 0.25) is 0 Å². The van der Waals surface area contributed by atoms with Gasteiger partial charge in [-0.3, -0.25) is 4.79 Å². The zero-order valence-electron chi connectivity index (χ0n) is 14.9. The molecule has 1 heterocycles. The van der Waals surface area contributed by atoms with Gasteiger partial charge in [-0.1, -0.05) is 30.3 Å². The first-order valence-corrected chi connectivity index (χ1v) is 9.25. The van der Waals surface area contributed by atoms with Crippen LogP contribution in [0.25, 0.3) is 11.1 Å². The molecule has 138 valence electrons. The molecule has 3 rings (SSSR count). The molecule has 0 radical (unpaired) electrons. The maximum atomic E-state index is 13.1. The summed E-state index contributed by atoms with van der Waals surface area (Å²) >= 11 is 1.31. The van der Waals surface area contributed by atoms with Crippen molar-refractivity contribution in [2.75, 3.05) is 11.9 Å². The van der Waals surface area contributed by atoms with Crippen molar-refractivity contribution >= 4 is 28.2 Å². The molecule has 0 saturated heterocycles. The third-order valence-electron chi connectivity index (χ3n) is 3.96. The summed E-state index contributed by atoms with van der Waals surface area (Å²) < 4.78 is 18.3. The minimum Gasteiger partial charge on any atom is -0.462 e. The summed E-state index contributed by atoms with van der Waals surface area (Å²) in [6.07, 6.45) is 0. The number of carbonyl (C=O) groups excluding carboxylic acids is 2. The second-order valence-corrected chi connectivity index (χ2v) is 7.01. The highest BCUT2D eigenvalue weighted by Crippen LogP contribution is 2.40. The summed E-state index contributed by atoms with van der Waals surface area (Å²) in [5.74, 6) is -1.33. The van der Waals surface area contributed by atoms with Gasteiger partial charge in [0, 0.05) is 16.0 Å². The van der Waals surface area contributed by atoms with E-state index in [0.717, 1.165) is 16.0 Å². The van der Waals surface area contributed by atoms with Crippen molar-refractivity contribution < 1.29 is 18.7 Å². The molecule has 0 aliphatic rings. The molecule has 0 saturated carbocycles. The van der Waals surface area contributed by atoms with Crippen LogP contribution in [0.15, 0.2) is 54.6 Å². The van der Waals surface area contributed by atoms with Gasteiger partial charge in [0.15, 0.2) is 0 Å². The summed E-state index contributed by atoms with van der Waals surface area (Å²) in [6, 6.07) is 14.7. The van der Waals surface area contributed by atoms with E-state index in [9.17, 15) is 14.0 Å². The van der Waals surface area contributed by atoms with Crippen LogP contribution in [-0.4, -0.2) is 18.5 Å². The van der Waals surface area contributed by atoms with Crippen molar-refractivity contribution in [1.82, 2.24) is 0 Å². The minimum absolute atomic E-state index is 0.229. The Kier molecular flexibility index (Phi) is 5.66. The molecule has 4 nitrogen and oxygen atoms in total. The fourth-order valence-corrected chi connectivity index (χ4v) is 3.82. The minimum atomic E-state index is -0.491. The molecular formula is C21H18FNO3S. The van der Waals surface area contributed by atoms with Gasteiger partial charge in [0.2, 0.25) is 0 Å². The fourth-order valence-electron chi connectivity index (χ4n) is 2.76. The molecule has 1 aromatic heterocycles. The summed E-state index contributed by atoms with van der Waals surface area (Å²) in [5, 5.41) is 3.19. The number of ether oxygens (including phenoxy) is 1. The molecule has 0 fully saturated rings. The molecular weight excluding hydrogens is 365 g/mol. The number of nitrogens with one attached hydrogen (secondary N) is 1. The van der Waals surface area contributed by atoms with Crippen LogP contribution < -0.4 is 5.32 Å². The lowest BCUT2D eigenvalue weighted by Crippen LogP contribution is -2.14. The summed E-state index contributed by atoms with van der Waals surface area (Å²) in [6.45, 7) is 3.85. The predicted molar refractivity (Wildman–Crippen MR) is 105 cm³/mol. The lowest BCUT2D eigenvalue weighted by Gasteiger charge is -2.09. The predicted octanol–water partition coefficient (Wildman–Crippen LogP) is 5.29. The Balaban J connectivity index is 2.03. The maximum Gasteiger partial charge on any atom is 0.341 e. The van der Waals surface area contributed by atoms with Gasteiger partial charge in [0.25, 0.3) is 5.91 Å². The number of hydrogen-bond donors (Lipinski definition) is 1. The van der Waals surface area contributed by atoms with Crippen molar-refractivity contribution in [2.24, 2.45) is 0 Å². The highest BCUT2D eigenvalue weighted by atomic mass is 32.1. The summed E-state index contributed by atoms with van der Waals surface area (Å²) in [7, 11) is 0. The Hall–Kier alpha value is -2.99. The zero-order valence-corrected chi connectivity index (χ0v) is 15.7. The molecule has 0 spiro atoms. The first kappa shape index (κ1) is 18.8. The standard InChI is InChI=1S/C21H18FNO3S/c1-3-26-21(25)18-17(14-7-5-4-6-8-14)13(2)27-20(18)23-19(24)15-9-11-16(22)12-10-15/h4-12H,3H2,1-2H3,(H,23,24). The average Bonchev–Trinajstić information content (AvgIpc) is 2.99. The Morgan fingerprint density at radius 2 is 1.74 bits per heavy atom. The first-order chi connectivity index (χ1) is 13.0. The van der Waals surface area contributed by atoms with E-state index in [1.165, 1.54) is 35.6 Å². The highest BCUT2D eigenvalue weighted by molar-refractivity contribution is 7.17. The van der Waals surface area contributed by atoms with E-state index in [2.05, 4.69) is 5.32 Å². The van der Waals surface area contributed by atoms with Crippen LogP contribution >= 0.6 is 11.3 Å². The van der Waals surface area contributed by atoms with Gasteiger partial charge in [-0.15, -0.1) is 11.3 Å². The van der Waals surface area contributed by atoms with Gasteiger partial charge in [-0.05, 0) is 43.7 Å². The Morgan fingerprint density at radius 3 is 2.37 bits per heavy atom. The number of aryl methyl sites for hydroxylation is 1. The molecule has 0 aliphatic carbocycles. The smallest absolute Gasteiger partial charge is 0.341 e. The topological polar surface area (TPSA) is 55.4 Å². The number of carbonyl (C=O) groups is 2. The largest absolute Gasteiger partial charge is 0.462 e. The number of hydrogen-bond acceptors (Lipinski definition) is 4. The van der Waals surface area contributed by atoms with E-state index in [0.29, 0.717) is 16.1 Å². The summed E-state index contributed by atoms with van der Waals surface area (Å²) in [4.78, 5) is 26.0. The fraction of sp³-hybridized carbons (Fsp3) is 0.143. The van der Waals surface area contributed by atoms with Crippen molar-refractivity contribution in [3.63, 3.8) is 0 Å². The Bertz CT molecular complexity index is 965. The maximum absolute atomic E-state index is 13.1.